The number of Topliss-reactive ketones (excluding diaryl/α,β-unsaturated/α-hetero) is 1. The van der Waals surface area contributed by atoms with Gasteiger partial charge in [-0.1, -0.05) is 12.1 Å². The van der Waals surface area contributed by atoms with E-state index in [4.69, 9.17) is 0 Å². The van der Waals surface area contributed by atoms with Crippen LogP contribution in [0, 0.1) is 0 Å². The number of sulfone groups is 1. The number of ketones is 1. The highest BCUT2D eigenvalue weighted by molar-refractivity contribution is 7.91. The van der Waals surface area contributed by atoms with E-state index in [0.29, 0.717) is 23.5 Å². The number of nitrogens with zero attached hydrogens (tertiary/aromatic N) is 3. The van der Waals surface area contributed by atoms with Crippen LogP contribution in [0.5, 0.6) is 0 Å². The lowest BCUT2D eigenvalue weighted by molar-refractivity contribution is 0.0741. The van der Waals surface area contributed by atoms with E-state index < -0.39 is 9.84 Å². The summed E-state index contributed by atoms with van der Waals surface area (Å²) in [5, 5.41) is 3.05. The second kappa shape index (κ2) is 7.43. The van der Waals surface area contributed by atoms with Crippen LogP contribution in [-0.2, 0) is 9.84 Å². The summed E-state index contributed by atoms with van der Waals surface area (Å²) >= 11 is 0. The topological polar surface area (TPSA) is 109 Å². The Bertz CT molecular complexity index is 990. The highest BCUT2D eigenvalue weighted by Crippen LogP contribution is 2.20. The largest absolute Gasteiger partial charge is 0.340 e. The number of carbonyl (C=O) groups is 2. The molecule has 1 aliphatic heterocycles. The van der Waals surface area contributed by atoms with Gasteiger partial charge in [0.1, 0.15) is 17.8 Å². The molecule has 2 aromatic rings. The Morgan fingerprint density at radius 2 is 2.00 bits per heavy atom. The van der Waals surface area contributed by atoms with E-state index in [2.05, 4.69) is 15.3 Å². The van der Waals surface area contributed by atoms with Crippen molar-refractivity contribution in [2.75, 3.05) is 23.9 Å². The monoisotopic (exact) mass is 388 g/mol. The summed E-state index contributed by atoms with van der Waals surface area (Å²) in [7, 11) is -1.50. The zero-order chi connectivity index (χ0) is 19.6. The molecule has 8 nitrogen and oxygen atoms in total. The molecule has 1 aromatic heterocycles. The van der Waals surface area contributed by atoms with Gasteiger partial charge in [0.25, 0.3) is 5.91 Å². The van der Waals surface area contributed by atoms with Crippen LogP contribution < -0.4 is 5.32 Å². The summed E-state index contributed by atoms with van der Waals surface area (Å²) in [5.41, 5.74) is 1.39. The highest BCUT2D eigenvalue weighted by Gasteiger charge is 2.33. The molecule has 1 aliphatic rings. The van der Waals surface area contributed by atoms with Gasteiger partial charge in [0.15, 0.2) is 15.6 Å². The second-order valence-electron chi connectivity index (χ2n) is 6.52. The molecule has 0 radical (unpaired) electrons. The van der Waals surface area contributed by atoms with Crippen molar-refractivity contribution in [3.05, 3.63) is 47.9 Å². The van der Waals surface area contributed by atoms with Crippen molar-refractivity contribution in [2.24, 2.45) is 0 Å². The maximum absolute atomic E-state index is 12.7. The molecule has 1 aromatic carbocycles. The van der Waals surface area contributed by atoms with Crippen LogP contribution in [0.3, 0.4) is 0 Å². The molecule has 2 heterocycles. The van der Waals surface area contributed by atoms with E-state index in [9.17, 15) is 18.0 Å². The first-order chi connectivity index (χ1) is 12.7. The molecular formula is C18H20N4O4S. The van der Waals surface area contributed by atoms with Gasteiger partial charge in [0.05, 0.1) is 11.5 Å². The molecule has 0 saturated carbocycles. The first-order valence-electron chi connectivity index (χ1n) is 8.43. The van der Waals surface area contributed by atoms with Gasteiger partial charge in [-0.3, -0.25) is 9.59 Å². The fourth-order valence-corrected chi connectivity index (χ4v) is 4.71. The van der Waals surface area contributed by atoms with E-state index in [1.165, 1.54) is 24.2 Å². The van der Waals surface area contributed by atoms with Crippen molar-refractivity contribution < 1.29 is 18.0 Å². The summed E-state index contributed by atoms with van der Waals surface area (Å²) < 4.78 is 23.3. The summed E-state index contributed by atoms with van der Waals surface area (Å²) in [6, 6.07) is 8.10. The van der Waals surface area contributed by atoms with E-state index in [1.54, 1.807) is 31.3 Å². The van der Waals surface area contributed by atoms with Gasteiger partial charge in [0.2, 0.25) is 0 Å². The average Bonchev–Trinajstić information content (AvgIpc) is 3.00. The molecule has 1 fully saturated rings. The van der Waals surface area contributed by atoms with Crippen LogP contribution in [-0.4, -0.2) is 59.6 Å². The van der Waals surface area contributed by atoms with Crippen LogP contribution in [0.25, 0.3) is 0 Å². The Morgan fingerprint density at radius 3 is 2.67 bits per heavy atom. The number of aromatic nitrogens is 2. The lowest BCUT2D eigenvalue weighted by atomic mass is 10.1. The van der Waals surface area contributed by atoms with E-state index in [1.807, 2.05) is 0 Å². The van der Waals surface area contributed by atoms with Crippen molar-refractivity contribution in [3.8, 4) is 0 Å². The average molecular weight is 388 g/mol. The summed E-state index contributed by atoms with van der Waals surface area (Å²) in [4.78, 5) is 33.7. The Labute approximate surface area is 157 Å². The lowest BCUT2D eigenvalue weighted by Gasteiger charge is -2.23. The van der Waals surface area contributed by atoms with E-state index in [-0.39, 0.29) is 34.9 Å². The maximum Gasteiger partial charge on any atom is 0.272 e. The third kappa shape index (κ3) is 4.48. The standard InChI is InChI=1S/C18H20N4O4S/c1-12(23)13-4-3-5-14(8-13)21-17-9-16(19-11-20-17)18(24)22(2)15-6-7-27(25,26)10-15/h3-5,8-9,11,15H,6-7,10H2,1-2H3,(H,19,20,21). The minimum atomic E-state index is -3.08. The Balaban J connectivity index is 1.76. The molecule has 142 valence electrons. The third-order valence-corrected chi connectivity index (χ3v) is 6.25. The first-order valence-corrected chi connectivity index (χ1v) is 10.2. The number of hydrogen-bond donors (Lipinski definition) is 1. The summed E-state index contributed by atoms with van der Waals surface area (Å²) in [6.45, 7) is 1.49. The predicted octanol–water partition coefficient (Wildman–Crippen LogP) is 1.68. The van der Waals surface area contributed by atoms with Gasteiger partial charge in [-0.2, -0.15) is 0 Å². The smallest absolute Gasteiger partial charge is 0.272 e. The fourth-order valence-electron chi connectivity index (χ4n) is 2.93. The van der Waals surface area contributed by atoms with Crippen LogP contribution in [0.15, 0.2) is 36.7 Å². The molecule has 9 heteroatoms. The molecular weight excluding hydrogens is 368 g/mol. The number of hydrogen-bond acceptors (Lipinski definition) is 7. The Hall–Kier alpha value is -2.81. The molecule has 0 aliphatic carbocycles. The number of rotatable bonds is 5. The number of amides is 1. The number of nitrogens with one attached hydrogen (secondary N) is 1. The van der Waals surface area contributed by atoms with Crippen molar-refractivity contribution in [3.63, 3.8) is 0 Å². The highest BCUT2D eigenvalue weighted by atomic mass is 32.2. The summed E-state index contributed by atoms with van der Waals surface area (Å²) in [5.74, 6) is 0.0635. The molecule has 1 atom stereocenters. The van der Waals surface area contributed by atoms with Gasteiger partial charge >= 0.3 is 0 Å². The van der Waals surface area contributed by atoms with Gasteiger partial charge in [-0.15, -0.1) is 0 Å². The molecule has 0 spiro atoms. The molecule has 0 bridgehead atoms. The minimum absolute atomic E-state index is 0.0245. The van der Waals surface area contributed by atoms with Gasteiger partial charge in [0, 0.05) is 30.4 Å². The number of carbonyl (C=O) groups excluding carboxylic acids is 2. The van der Waals surface area contributed by atoms with Crippen molar-refractivity contribution in [1.29, 1.82) is 0 Å². The Morgan fingerprint density at radius 1 is 1.22 bits per heavy atom. The zero-order valence-electron chi connectivity index (χ0n) is 15.0. The SMILES string of the molecule is CC(=O)c1cccc(Nc2cc(C(=O)N(C)C3CCS(=O)(=O)C3)ncn2)c1. The Kier molecular flexibility index (Phi) is 5.22. The zero-order valence-corrected chi connectivity index (χ0v) is 15.9. The van der Waals surface area contributed by atoms with E-state index >= 15 is 0 Å². The van der Waals surface area contributed by atoms with Crippen LogP contribution >= 0.6 is 0 Å². The van der Waals surface area contributed by atoms with Gasteiger partial charge in [-0.25, -0.2) is 18.4 Å². The predicted molar refractivity (Wildman–Crippen MR) is 101 cm³/mol. The molecule has 1 unspecified atom stereocenters. The lowest BCUT2D eigenvalue weighted by Crippen LogP contribution is -2.38. The summed E-state index contributed by atoms with van der Waals surface area (Å²) in [6.07, 6.45) is 1.70. The van der Waals surface area contributed by atoms with Crippen LogP contribution in [0.1, 0.15) is 34.2 Å². The molecule has 1 amide bonds. The first kappa shape index (κ1) is 19.0. The van der Waals surface area contributed by atoms with E-state index in [0.717, 1.165) is 0 Å². The number of anilines is 2. The van der Waals surface area contributed by atoms with Crippen molar-refractivity contribution in [1.82, 2.24) is 14.9 Å². The molecule has 3 rings (SSSR count). The minimum Gasteiger partial charge on any atom is -0.340 e. The van der Waals surface area contributed by atoms with Crippen molar-refractivity contribution >= 4 is 33.0 Å². The quantitative estimate of drug-likeness (QED) is 0.776. The fraction of sp³-hybridized carbons (Fsp3) is 0.333. The molecule has 27 heavy (non-hydrogen) atoms. The maximum atomic E-state index is 12.7. The van der Waals surface area contributed by atoms with Crippen LogP contribution in [0.4, 0.5) is 11.5 Å². The normalized spacial score (nSPS) is 18.1. The van der Waals surface area contributed by atoms with Gasteiger partial charge < -0.3 is 10.2 Å². The molecule has 1 N–H and O–H groups in total. The third-order valence-electron chi connectivity index (χ3n) is 4.50. The number of benzene rings is 1. The van der Waals surface area contributed by atoms with Gasteiger partial charge in [-0.05, 0) is 25.5 Å². The van der Waals surface area contributed by atoms with Crippen molar-refractivity contribution in [2.45, 2.75) is 19.4 Å². The van der Waals surface area contributed by atoms with Crippen LogP contribution in [0.2, 0.25) is 0 Å². The molecule has 1 saturated heterocycles. The second-order valence-corrected chi connectivity index (χ2v) is 8.75.